The van der Waals surface area contributed by atoms with Gasteiger partial charge in [0.05, 0.1) is 6.10 Å². The van der Waals surface area contributed by atoms with Crippen molar-refractivity contribution in [2.24, 2.45) is 5.92 Å². The number of hydrogen-bond acceptors (Lipinski definition) is 5. The Morgan fingerprint density at radius 2 is 1.87 bits per heavy atom. The van der Waals surface area contributed by atoms with Crippen LogP contribution < -0.4 is 0 Å². The molecule has 0 radical (unpaired) electrons. The highest BCUT2D eigenvalue weighted by atomic mass is 32.1. The molecule has 0 aliphatic heterocycles. The van der Waals surface area contributed by atoms with Gasteiger partial charge in [-0.1, -0.05) is 44.0 Å². The van der Waals surface area contributed by atoms with E-state index in [9.17, 15) is 19.8 Å². The third kappa shape index (κ3) is 6.03. The summed E-state index contributed by atoms with van der Waals surface area (Å²) in [4.78, 5) is 25.0. The zero-order valence-corrected chi connectivity index (χ0v) is 18.8. The number of Topliss-reactive ketones (excluding diaryl/α,β-unsaturated/α-hetero) is 1. The monoisotopic (exact) mass is 444 g/mol. The van der Waals surface area contributed by atoms with Gasteiger partial charge < -0.3 is 15.3 Å². The molecule has 0 saturated heterocycles. The highest BCUT2D eigenvalue weighted by Crippen LogP contribution is 2.40. The molecule has 0 bridgehead atoms. The molecule has 1 fully saturated rings. The largest absolute Gasteiger partial charge is 0.477 e. The number of aryl methyl sites for hydroxylation is 1. The summed E-state index contributed by atoms with van der Waals surface area (Å²) < 4.78 is 0. The Kier molecular flexibility index (Phi) is 8.41. The number of carboxylic acids is 1. The van der Waals surface area contributed by atoms with Crippen LogP contribution in [0.3, 0.4) is 0 Å². The van der Waals surface area contributed by atoms with E-state index in [0.717, 1.165) is 49.0 Å². The van der Waals surface area contributed by atoms with Crippen molar-refractivity contribution in [3.63, 3.8) is 0 Å². The molecule has 1 saturated carbocycles. The van der Waals surface area contributed by atoms with Crippen LogP contribution in [0, 0.1) is 5.92 Å². The Labute approximate surface area is 187 Å². The molecule has 2 unspecified atom stereocenters. The molecule has 0 amide bonds. The topological polar surface area (TPSA) is 94.8 Å². The van der Waals surface area contributed by atoms with Crippen LogP contribution in [0.4, 0.5) is 0 Å². The Bertz CT molecular complexity index is 872. The zero-order valence-electron chi connectivity index (χ0n) is 18.0. The van der Waals surface area contributed by atoms with Crippen LogP contribution in [-0.2, 0) is 11.2 Å². The fourth-order valence-electron chi connectivity index (χ4n) is 4.54. The Morgan fingerprint density at radius 3 is 2.52 bits per heavy atom. The molecule has 6 heteroatoms. The number of ketones is 1. The number of aromatic carboxylic acids is 1. The summed E-state index contributed by atoms with van der Waals surface area (Å²) in [7, 11) is 0. The number of rotatable bonds is 11. The van der Waals surface area contributed by atoms with E-state index in [0.29, 0.717) is 23.3 Å². The normalized spacial score (nSPS) is 20.7. The van der Waals surface area contributed by atoms with Crippen LogP contribution in [0.25, 0.3) is 0 Å². The number of aliphatic hydroxyl groups excluding tert-OH is 2. The van der Waals surface area contributed by atoms with Crippen molar-refractivity contribution in [3.05, 3.63) is 57.3 Å². The van der Waals surface area contributed by atoms with Crippen molar-refractivity contribution in [2.45, 2.75) is 76.4 Å². The summed E-state index contributed by atoms with van der Waals surface area (Å²) in [6.07, 6.45) is 4.90. The van der Waals surface area contributed by atoms with Crippen LogP contribution in [0.1, 0.15) is 89.6 Å². The third-order valence-corrected chi connectivity index (χ3v) is 7.44. The van der Waals surface area contributed by atoms with Gasteiger partial charge in [0.1, 0.15) is 16.8 Å². The number of hydrogen-bond donors (Lipinski definition) is 3. The maximum atomic E-state index is 12.6. The SMILES string of the molecule is CCCCC(O)C(O)c1ccc([C@H]2C(=O)CC[C@@H]2CCCc2ccc(C(=O)O)s2)cc1. The first kappa shape index (κ1) is 23.6. The quantitative estimate of drug-likeness (QED) is 0.447. The second-order valence-electron chi connectivity index (χ2n) is 8.53. The fourth-order valence-corrected chi connectivity index (χ4v) is 5.43. The lowest BCUT2D eigenvalue weighted by Gasteiger charge is -2.21. The molecule has 4 atom stereocenters. The molecule has 1 aromatic heterocycles. The van der Waals surface area contributed by atoms with E-state index in [1.54, 1.807) is 6.07 Å². The fraction of sp³-hybridized carbons (Fsp3) is 0.520. The average molecular weight is 445 g/mol. The number of carboxylic acid groups (broad SMARTS) is 1. The van der Waals surface area contributed by atoms with Gasteiger partial charge in [0, 0.05) is 17.2 Å². The minimum absolute atomic E-state index is 0.117. The molecule has 31 heavy (non-hydrogen) atoms. The van der Waals surface area contributed by atoms with Crippen LogP contribution >= 0.6 is 11.3 Å². The maximum Gasteiger partial charge on any atom is 0.345 e. The van der Waals surface area contributed by atoms with E-state index >= 15 is 0 Å². The molecule has 1 aliphatic carbocycles. The van der Waals surface area contributed by atoms with E-state index in [4.69, 9.17) is 5.11 Å². The van der Waals surface area contributed by atoms with Crippen LogP contribution in [0.2, 0.25) is 0 Å². The van der Waals surface area contributed by atoms with Crippen molar-refractivity contribution in [2.75, 3.05) is 0 Å². The van der Waals surface area contributed by atoms with Crippen LogP contribution in [-0.4, -0.2) is 33.2 Å². The standard InChI is InChI=1S/C25H32O5S/c1-2-3-7-21(27)24(28)18-10-8-17(9-11-18)23-16(12-14-20(23)26)5-4-6-19-13-15-22(31-19)25(29)30/h8-11,13,15-16,21,23-24,27-28H,2-7,12,14H2,1H3,(H,29,30)/t16-,21?,23-,24?/m0/s1. The summed E-state index contributed by atoms with van der Waals surface area (Å²) >= 11 is 1.32. The van der Waals surface area contributed by atoms with Crippen LogP contribution in [0.15, 0.2) is 36.4 Å². The molecule has 0 spiro atoms. The molecule has 168 valence electrons. The first-order valence-electron chi connectivity index (χ1n) is 11.2. The van der Waals surface area contributed by atoms with Gasteiger partial charge in [-0.2, -0.15) is 0 Å². The molecule has 2 aromatic rings. The minimum atomic E-state index is -0.905. The lowest BCUT2D eigenvalue weighted by molar-refractivity contribution is -0.119. The molecule has 3 rings (SSSR count). The summed E-state index contributed by atoms with van der Waals surface area (Å²) in [5, 5.41) is 29.6. The van der Waals surface area contributed by atoms with E-state index in [1.165, 1.54) is 11.3 Å². The van der Waals surface area contributed by atoms with Gasteiger partial charge in [0.25, 0.3) is 0 Å². The molecular formula is C25H32O5S. The maximum absolute atomic E-state index is 12.6. The number of carbonyl (C=O) groups is 2. The summed E-state index contributed by atoms with van der Waals surface area (Å²) in [5.41, 5.74) is 1.66. The molecule has 1 aliphatic rings. The smallest absolute Gasteiger partial charge is 0.345 e. The third-order valence-electron chi connectivity index (χ3n) is 6.31. The van der Waals surface area contributed by atoms with E-state index < -0.39 is 18.2 Å². The second-order valence-corrected chi connectivity index (χ2v) is 9.70. The number of benzene rings is 1. The zero-order chi connectivity index (χ0) is 22.4. The summed E-state index contributed by atoms with van der Waals surface area (Å²) in [5.74, 6) is -0.443. The van der Waals surface area contributed by atoms with Crippen molar-refractivity contribution in [3.8, 4) is 0 Å². The molecule has 5 nitrogen and oxygen atoms in total. The summed E-state index contributed by atoms with van der Waals surface area (Å²) in [6.45, 7) is 2.05. The van der Waals surface area contributed by atoms with Crippen LogP contribution in [0.5, 0.6) is 0 Å². The highest BCUT2D eigenvalue weighted by molar-refractivity contribution is 7.13. The lowest BCUT2D eigenvalue weighted by Crippen LogP contribution is -2.18. The van der Waals surface area contributed by atoms with Gasteiger partial charge in [0.15, 0.2) is 0 Å². The highest BCUT2D eigenvalue weighted by Gasteiger charge is 2.35. The second kappa shape index (κ2) is 11.0. The van der Waals surface area contributed by atoms with E-state index in [1.807, 2.05) is 30.3 Å². The molecule has 3 N–H and O–H groups in total. The van der Waals surface area contributed by atoms with Gasteiger partial charge >= 0.3 is 5.97 Å². The minimum Gasteiger partial charge on any atom is -0.477 e. The van der Waals surface area contributed by atoms with Gasteiger partial charge in [-0.3, -0.25) is 4.79 Å². The first-order chi connectivity index (χ1) is 14.9. The Morgan fingerprint density at radius 1 is 1.13 bits per heavy atom. The van der Waals surface area contributed by atoms with Crippen molar-refractivity contribution in [1.82, 2.24) is 0 Å². The Balaban J connectivity index is 1.59. The van der Waals surface area contributed by atoms with Crippen molar-refractivity contribution in [1.29, 1.82) is 0 Å². The first-order valence-corrected chi connectivity index (χ1v) is 12.0. The molecular weight excluding hydrogens is 412 g/mol. The predicted molar refractivity (Wildman–Crippen MR) is 122 cm³/mol. The van der Waals surface area contributed by atoms with Gasteiger partial charge in [-0.05, 0) is 61.3 Å². The summed E-state index contributed by atoms with van der Waals surface area (Å²) in [6, 6.07) is 11.0. The predicted octanol–water partition coefficient (Wildman–Crippen LogP) is 5.12. The van der Waals surface area contributed by atoms with Gasteiger partial charge in [-0.25, -0.2) is 4.79 Å². The Hall–Kier alpha value is -2.02. The van der Waals surface area contributed by atoms with Gasteiger partial charge in [-0.15, -0.1) is 11.3 Å². The van der Waals surface area contributed by atoms with Gasteiger partial charge in [0.2, 0.25) is 0 Å². The molecule has 1 heterocycles. The lowest BCUT2D eigenvalue weighted by atomic mass is 9.84. The number of thiophene rings is 1. The van der Waals surface area contributed by atoms with E-state index in [-0.39, 0.29) is 17.6 Å². The van der Waals surface area contributed by atoms with E-state index in [2.05, 4.69) is 6.92 Å². The number of carbonyl (C=O) groups excluding carboxylic acids is 1. The molecule has 1 aromatic carbocycles. The van der Waals surface area contributed by atoms with Crippen molar-refractivity contribution < 1.29 is 24.9 Å². The number of unbranched alkanes of at least 4 members (excludes halogenated alkanes) is 1. The number of aliphatic hydroxyl groups is 2. The average Bonchev–Trinajstić information content (AvgIpc) is 3.38. The van der Waals surface area contributed by atoms with Crippen molar-refractivity contribution >= 4 is 23.1 Å².